The molecule has 1 aromatic rings. The van der Waals surface area contributed by atoms with Crippen LogP contribution in [0.4, 0.5) is 5.69 Å². The van der Waals surface area contributed by atoms with E-state index in [0.29, 0.717) is 30.2 Å². The number of rotatable bonds is 11. The molecule has 3 aliphatic heterocycles. The zero-order valence-electron chi connectivity index (χ0n) is 20.9. The van der Waals surface area contributed by atoms with Gasteiger partial charge >= 0.3 is 0 Å². The monoisotopic (exact) mass is 609 g/mol. The number of β-amino-alcohol motifs (C(OH)–C–C–N with tert-alkyl or cyclic N) is 1. The number of likely N-dealkylation sites (tertiary alicyclic amines) is 1. The molecule has 3 amide bonds. The Labute approximate surface area is 236 Å². The number of anilines is 1. The SMILES string of the molecule is C=CCN(CCC)C(=O)[C@H]1[C@@H]2SC3(CC2Br)C(C(=O)N(CC=C)c2ccc(Cl)cc2)N(CCO)C(=O)[C@H]13. The molecule has 1 spiro atoms. The van der Waals surface area contributed by atoms with Crippen LogP contribution in [-0.2, 0) is 14.4 Å². The third-order valence-electron chi connectivity index (χ3n) is 7.52. The van der Waals surface area contributed by atoms with Crippen LogP contribution in [0.15, 0.2) is 49.6 Å². The van der Waals surface area contributed by atoms with E-state index in [4.69, 9.17) is 11.6 Å². The maximum atomic E-state index is 14.3. The Morgan fingerprint density at radius 3 is 2.51 bits per heavy atom. The second-order valence-electron chi connectivity index (χ2n) is 9.71. The van der Waals surface area contributed by atoms with E-state index < -0.39 is 22.6 Å². The van der Waals surface area contributed by atoms with Crippen molar-refractivity contribution in [3.8, 4) is 0 Å². The Balaban J connectivity index is 1.77. The summed E-state index contributed by atoms with van der Waals surface area (Å²) < 4.78 is -0.777. The number of alkyl halides is 1. The minimum atomic E-state index is -0.820. The molecule has 0 radical (unpaired) electrons. The van der Waals surface area contributed by atoms with Gasteiger partial charge in [-0.25, -0.2) is 0 Å². The summed E-state index contributed by atoms with van der Waals surface area (Å²) in [4.78, 5) is 47.1. The number of thioether (sulfide) groups is 1. The Bertz CT molecular complexity index is 1070. The zero-order valence-corrected chi connectivity index (χ0v) is 24.1. The average Bonchev–Trinajstić information content (AvgIpc) is 3.46. The summed E-state index contributed by atoms with van der Waals surface area (Å²) in [5.74, 6) is -1.73. The summed E-state index contributed by atoms with van der Waals surface area (Å²) in [5.41, 5.74) is 0.645. The van der Waals surface area contributed by atoms with Gasteiger partial charge in [0, 0.05) is 47.0 Å². The lowest BCUT2D eigenvalue weighted by atomic mass is 9.70. The van der Waals surface area contributed by atoms with Gasteiger partial charge in [0.15, 0.2) is 0 Å². The molecule has 3 unspecified atom stereocenters. The molecule has 7 nitrogen and oxygen atoms in total. The van der Waals surface area contributed by atoms with Crippen molar-refractivity contribution < 1.29 is 19.5 Å². The molecule has 6 atom stereocenters. The minimum absolute atomic E-state index is 0.0181. The highest BCUT2D eigenvalue weighted by Crippen LogP contribution is 2.68. The lowest BCUT2D eigenvalue weighted by Crippen LogP contribution is -2.56. The first-order valence-corrected chi connectivity index (χ1v) is 14.7. The maximum absolute atomic E-state index is 14.3. The van der Waals surface area contributed by atoms with Crippen molar-refractivity contribution in [2.45, 2.75) is 40.6 Å². The highest BCUT2D eigenvalue weighted by Gasteiger charge is 2.76. The first-order valence-electron chi connectivity index (χ1n) is 12.6. The molecule has 0 aliphatic carbocycles. The first-order chi connectivity index (χ1) is 17.7. The third-order valence-corrected chi connectivity index (χ3v) is 11.0. The maximum Gasteiger partial charge on any atom is 0.251 e. The lowest BCUT2D eigenvalue weighted by Gasteiger charge is -2.38. The van der Waals surface area contributed by atoms with Gasteiger partial charge in [0.25, 0.3) is 5.91 Å². The standard InChI is InChI=1S/C27H33BrClN3O4S/c1-4-11-30(12-5-2)24(34)20-21-25(35)32(14-15-33)23(27(21)16-19(28)22(20)37-27)26(36)31(13-6-3)18-9-7-17(29)8-10-18/h4,6-10,19-23,33H,1,3,5,11-16H2,2H3/t19?,20-,21+,22-,23?,27?/m1/s1. The molecule has 4 rings (SSSR count). The third kappa shape index (κ3) is 4.77. The molecule has 37 heavy (non-hydrogen) atoms. The van der Waals surface area contributed by atoms with E-state index in [-0.39, 0.29) is 47.5 Å². The summed E-state index contributed by atoms with van der Waals surface area (Å²) in [5, 5.41) is 10.3. The normalized spacial score (nSPS) is 29.8. The Morgan fingerprint density at radius 1 is 1.24 bits per heavy atom. The fourth-order valence-corrected chi connectivity index (χ4v) is 9.91. The molecular weight excluding hydrogens is 578 g/mol. The quantitative estimate of drug-likeness (QED) is 0.305. The first kappa shape index (κ1) is 28.2. The van der Waals surface area contributed by atoms with Crippen LogP contribution >= 0.6 is 39.3 Å². The topological polar surface area (TPSA) is 81.2 Å². The number of benzene rings is 1. The van der Waals surface area contributed by atoms with Gasteiger partial charge in [0.2, 0.25) is 11.8 Å². The van der Waals surface area contributed by atoms with Crippen molar-refractivity contribution in [2.75, 3.05) is 37.7 Å². The fraction of sp³-hybridized carbons (Fsp3) is 0.519. The van der Waals surface area contributed by atoms with Crippen LogP contribution in [0.1, 0.15) is 19.8 Å². The van der Waals surface area contributed by atoms with Crippen LogP contribution in [0.25, 0.3) is 0 Å². The van der Waals surface area contributed by atoms with Crippen LogP contribution in [0, 0.1) is 11.8 Å². The smallest absolute Gasteiger partial charge is 0.251 e. The Hall–Kier alpha value is -1.81. The number of hydrogen-bond acceptors (Lipinski definition) is 5. The summed E-state index contributed by atoms with van der Waals surface area (Å²) in [6.07, 6.45) is 4.72. The summed E-state index contributed by atoms with van der Waals surface area (Å²) in [6, 6.07) is 6.15. The number of carbonyl (C=O) groups excluding carboxylic acids is 3. The molecule has 3 aliphatic rings. The van der Waals surface area contributed by atoms with Crippen molar-refractivity contribution in [2.24, 2.45) is 11.8 Å². The van der Waals surface area contributed by atoms with Crippen LogP contribution in [0.2, 0.25) is 5.02 Å². The molecule has 1 N–H and O–H groups in total. The second-order valence-corrected chi connectivity index (χ2v) is 12.9. The van der Waals surface area contributed by atoms with Gasteiger partial charge in [0.05, 0.1) is 23.2 Å². The van der Waals surface area contributed by atoms with Gasteiger partial charge in [-0.2, -0.15) is 0 Å². The number of aliphatic hydroxyl groups excluding tert-OH is 1. The van der Waals surface area contributed by atoms with Crippen LogP contribution in [0.3, 0.4) is 0 Å². The predicted molar refractivity (Wildman–Crippen MR) is 152 cm³/mol. The largest absolute Gasteiger partial charge is 0.395 e. The van der Waals surface area contributed by atoms with Crippen molar-refractivity contribution in [3.63, 3.8) is 0 Å². The molecule has 0 saturated carbocycles. The van der Waals surface area contributed by atoms with Crippen molar-refractivity contribution >= 4 is 62.7 Å². The number of halogens is 2. The number of hydrogen-bond donors (Lipinski definition) is 1. The second kappa shape index (κ2) is 11.5. The van der Waals surface area contributed by atoms with Gasteiger partial charge < -0.3 is 19.8 Å². The Kier molecular flexibility index (Phi) is 8.78. The van der Waals surface area contributed by atoms with Gasteiger partial charge in [0.1, 0.15) is 6.04 Å². The summed E-state index contributed by atoms with van der Waals surface area (Å²) >= 11 is 11.5. The molecule has 2 bridgehead atoms. The van der Waals surface area contributed by atoms with Gasteiger partial charge in [-0.3, -0.25) is 14.4 Å². The summed E-state index contributed by atoms with van der Waals surface area (Å²) in [6.45, 7) is 10.6. The van der Waals surface area contributed by atoms with E-state index in [1.54, 1.807) is 58.0 Å². The fourth-order valence-electron chi connectivity index (χ4n) is 6.19. The lowest BCUT2D eigenvalue weighted by molar-refractivity contribution is -0.144. The number of nitrogens with zero attached hydrogens (tertiary/aromatic N) is 3. The zero-order chi connectivity index (χ0) is 26.9. The van der Waals surface area contributed by atoms with Gasteiger partial charge in [-0.15, -0.1) is 24.9 Å². The number of aliphatic hydroxyl groups is 1. The minimum Gasteiger partial charge on any atom is -0.395 e. The highest BCUT2D eigenvalue weighted by molar-refractivity contribution is 9.09. The molecule has 3 fully saturated rings. The molecule has 1 aromatic carbocycles. The van der Waals surface area contributed by atoms with E-state index in [9.17, 15) is 19.5 Å². The molecule has 0 aromatic heterocycles. The Morgan fingerprint density at radius 2 is 1.92 bits per heavy atom. The van der Waals surface area contributed by atoms with E-state index in [2.05, 4.69) is 29.1 Å². The highest BCUT2D eigenvalue weighted by atomic mass is 79.9. The van der Waals surface area contributed by atoms with Gasteiger partial charge in [-0.05, 0) is 37.1 Å². The summed E-state index contributed by atoms with van der Waals surface area (Å²) in [7, 11) is 0. The van der Waals surface area contributed by atoms with Crippen molar-refractivity contribution in [3.05, 3.63) is 54.6 Å². The van der Waals surface area contributed by atoms with Crippen molar-refractivity contribution in [1.82, 2.24) is 9.80 Å². The van der Waals surface area contributed by atoms with E-state index in [0.717, 1.165) is 6.42 Å². The van der Waals surface area contributed by atoms with Crippen molar-refractivity contribution in [1.29, 1.82) is 0 Å². The van der Waals surface area contributed by atoms with E-state index in [1.165, 1.54) is 4.90 Å². The van der Waals surface area contributed by atoms with Crippen LogP contribution in [0.5, 0.6) is 0 Å². The van der Waals surface area contributed by atoms with Crippen LogP contribution < -0.4 is 4.90 Å². The number of fused-ring (bicyclic) bond motifs is 1. The molecule has 3 saturated heterocycles. The van der Waals surface area contributed by atoms with E-state index in [1.807, 2.05) is 6.92 Å². The molecular formula is C27H33BrClN3O4S. The number of amides is 3. The molecule has 10 heteroatoms. The number of carbonyl (C=O) groups is 3. The predicted octanol–water partition coefficient (Wildman–Crippen LogP) is 3.74. The van der Waals surface area contributed by atoms with Crippen LogP contribution in [-0.4, -0.2) is 86.3 Å². The average molecular weight is 611 g/mol. The van der Waals surface area contributed by atoms with Gasteiger partial charge in [-0.1, -0.05) is 46.6 Å². The molecule has 200 valence electrons. The van der Waals surface area contributed by atoms with E-state index >= 15 is 0 Å². The molecule has 3 heterocycles.